The van der Waals surface area contributed by atoms with Crippen LogP contribution in [0.25, 0.3) is 0 Å². The van der Waals surface area contributed by atoms with Crippen LogP contribution in [-0.4, -0.2) is 42.9 Å². The van der Waals surface area contributed by atoms with Gasteiger partial charge in [0.1, 0.15) is 12.6 Å². The number of carbonyl (C=O) groups excluding carboxylic acids is 1. The van der Waals surface area contributed by atoms with Crippen LogP contribution < -0.4 is 0 Å². The van der Waals surface area contributed by atoms with Crippen molar-refractivity contribution in [1.82, 2.24) is 5.16 Å². The number of aryl methyl sites for hydroxylation is 1. The molecule has 0 amide bonds. The highest BCUT2D eigenvalue weighted by Gasteiger charge is 2.33. The van der Waals surface area contributed by atoms with Crippen molar-refractivity contribution in [3.63, 3.8) is 0 Å². The van der Waals surface area contributed by atoms with Crippen molar-refractivity contribution < 1.29 is 18.5 Å². The summed E-state index contributed by atoms with van der Waals surface area (Å²) in [6.45, 7) is 7.49. The molecule has 5 heteroatoms. The molecule has 0 spiro atoms. The molecule has 2 rings (SSSR count). The molecule has 0 radical (unpaired) electrons. The van der Waals surface area contributed by atoms with Gasteiger partial charge in [0.2, 0.25) is 0 Å². The van der Waals surface area contributed by atoms with E-state index in [0.717, 1.165) is 35.3 Å². The topological polar surface area (TPSA) is 52.3 Å². The maximum atomic E-state index is 12.3. The lowest BCUT2D eigenvalue weighted by molar-refractivity contribution is -0.885. The maximum absolute atomic E-state index is 12.3. The number of nitrogens with zero attached hydrogens (tertiary/aromatic N) is 2. The first-order valence-corrected chi connectivity index (χ1v) is 9.58. The monoisotopic (exact) mass is 351 g/mol. The van der Waals surface area contributed by atoms with E-state index in [1.165, 1.54) is 6.42 Å². The molecule has 0 aliphatic heterocycles. The van der Waals surface area contributed by atoms with Gasteiger partial charge in [0.15, 0.2) is 5.76 Å². The molecule has 3 unspecified atom stereocenters. The number of carbonyl (C=O) groups is 1. The summed E-state index contributed by atoms with van der Waals surface area (Å²) in [5, 5.41) is 4.08. The fourth-order valence-corrected chi connectivity index (χ4v) is 3.72. The van der Waals surface area contributed by atoms with Gasteiger partial charge in [0.25, 0.3) is 0 Å². The molecule has 0 N–H and O–H groups in total. The second-order valence-electron chi connectivity index (χ2n) is 9.09. The minimum absolute atomic E-state index is 0.0716. The minimum Gasteiger partial charge on any atom is -0.462 e. The molecule has 5 nitrogen and oxygen atoms in total. The Hall–Kier alpha value is -1.36. The molecule has 25 heavy (non-hydrogen) atoms. The van der Waals surface area contributed by atoms with Gasteiger partial charge in [0, 0.05) is 12.5 Å². The molecule has 1 fully saturated rings. The van der Waals surface area contributed by atoms with Crippen molar-refractivity contribution in [3.05, 3.63) is 17.5 Å². The van der Waals surface area contributed by atoms with Gasteiger partial charge < -0.3 is 13.7 Å². The van der Waals surface area contributed by atoms with Gasteiger partial charge >= 0.3 is 5.97 Å². The Morgan fingerprint density at radius 3 is 2.72 bits per heavy atom. The highest BCUT2D eigenvalue weighted by molar-refractivity contribution is 5.69. The molecule has 1 aromatic heterocycles. The molecule has 3 atom stereocenters. The van der Waals surface area contributed by atoms with Crippen LogP contribution in [0.3, 0.4) is 0 Å². The minimum atomic E-state index is -0.110. The van der Waals surface area contributed by atoms with Crippen LogP contribution in [0.4, 0.5) is 0 Å². The molecule has 0 saturated heterocycles. The number of hydrogen-bond donors (Lipinski definition) is 0. The van der Waals surface area contributed by atoms with Gasteiger partial charge in [-0.1, -0.05) is 32.3 Å². The Balaban J connectivity index is 1.83. The van der Waals surface area contributed by atoms with E-state index < -0.39 is 0 Å². The number of rotatable bonds is 7. The average molecular weight is 352 g/mol. The van der Waals surface area contributed by atoms with Crippen LogP contribution in [-0.2, 0) is 22.5 Å². The van der Waals surface area contributed by atoms with Crippen molar-refractivity contribution >= 4 is 5.97 Å². The lowest BCUT2D eigenvalue weighted by Gasteiger charge is -2.36. The van der Waals surface area contributed by atoms with E-state index in [1.54, 1.807) is 0 Å². The quantitative estimate of drug-likeness (QED) is 0.553. The summed E-state index contributed by atoms with van der Waals surface area (Å²) in [7, 11) is 6.32. The molecule has 1 heterocycles. The lowest BCUT2D eigenvalue weighted by atomic mass is 9.75. The van der Waals surface area contributed by atoms with Gasteiger partial charge in [-0.05, 0) is 30.6 Å². The fraction of sp³-hybridized carbons (Fsp3) is 0.800. The number of hydrogen-bond acceptors (Lipinski definition) is 4. The van der Waals surface area contributed by atoms with E-state index in [0.29, 0.717) is 30.6 Å². The Morgan fingerprint density at radius 1 is 1.36 bits per heavy atom. The number of aromatic nitrogens is 1. The van der Waals surface area contributed by atoms with E-state index in [2.05, 4.69) is 47.1 Å². The third-order valence-electron chi connectivity index (χ3n) is 5.07. The van der Waals surface area contributed by atoms with Crippen molar-refractivity contribution in [2.75, 3.05) is 21.1 Å². The van der Waals surface area contributed by atoms with Gasteiger partial charge in [-0.15, -0.1) is 0 Å². The van der Waals surface area contributed by atoms with Crippen LogP contribution in [0.2, 0.25) is 0 Å². The second kappa shape index (κ2) is 8.35. The van der Waals surface area contributed by atoms with E-state index >= 15 is 0 Å². The summed E-state index contributed by atoms with van der Waals surface area (Å²) < 4.78 is 12.0. The molecule has 142 valence electrons. The standard InChI is InChI=1S/C20H35N2O3/c1-14(2)18-9-7-15(3)11-19(18)24-20(23)10-8-16-12-17(25-21-16)13-22(4,5)6/h12,14-15,18-19H,7-11,13H2,1-6H3/q+1. The Kier molecular flexibility index (Phi) is 6.66. The first kappa shape index (κ1) is 20.0. The first-order chi connectivity index (χ1) is 11.6. The van der Waals surface area contributed by atoms with Crippen LogP contribution in [0.15, 0.2) is 10.6 Å². The maximum Gasteiger partial charge on any atom is 0.306 e. The predicted molar refractivity (Wildman–Crippen MR) is 97.8 cm³/mol. The highest BCUT2D eigenvalue weighted by Crippen LogP contribution is 2.35. The Bertz CT molecular complexity index is 560. The van der Waals surface area contributed by atoms with E-state index in [1.807, 2.05) is 6.07 Å². The predicted octanol–water partition coefficient (Wildman–Crippen LogP) is 3.82. The largest absolute Gasteiger partial charge is 0.462 e. The zero-order chi connectivity index (χ0) is 18.6. The van der Waals surface area contributed by atoms with Gasteiger partial charge in [-0.2, -0.15) is 0 Å². The molecule has 1 aliphatic carbocycles. The van der Waals surface area contributed by atoms with E-state index in [4.69, 9.17) is 9.26 Å². The first-order valence-electron chi connectivity index (χ1n) is 9.58. The molecule has 1 saturated carbocycles. The smallest absolute Gasteiger partial charge is 0.306 e. The summed E-state index contributed by atoms with van der Waals surface area (Å²) in [5.41, 5.74) is 0.831. The molecule has 1 aliphatic rings. The van der Waals surface area contributed by atoms with Crippen LogP contribution in [0, 0.1) is 17.8 Å². The zero-order valence-electron chi connectivity index (χ0n) is 16.7. The summed E-state index contributed by atoms with van der Waals surface area (Å²) >= 11 is 0. The van der Waals surface area contributed by atoms with Crippen LogP contribution in [0.5, 0.6) is 0 Å². The van der Waals surface area contributed by atoms with E-state index in [-0.39, 0.29) is 12.1 Å². The molecule has 0 aromatic carbocycles. The van der Waals surface area contributed by atoms with Crippen LogP contribution in [0.1, 0.15) is 57.9 Å². The zero-order valence-corrected chi connectivity index (χ0v) is 16.7. The van der Waals surface area contributed by atoms with Crippen molar-refractivity contribution in [2.24, 2.45) is 17.8 Å². The summed E-state index contributed by atoms with van der Waals surface area (Å²) in [6.07, 6.45) is 4.41. The van der Waals surface area contributed by atoms with Gasteiger partial charge in [-0.25, -0.2) is 0 Å². The Morgan fingerprint density at radius 2 is 2.08 bits per heavy atom. The van der Waals surface area contributed by atoms with E-state index in [9.17, 15) is 4.79 Å². The third-order valence-corrected chi connectivity index (χ3v) is 5.07. The molecule has 0 bridgehead atoms. The van der Waals surface area contributed by atoms with Crippen molar-refractivity contribution in [3.8, 4) is 0 Å². The molecular formula is C20H35N2O3+. The number of quaternary nitrogens is 1. The third kappa shape index (κ3) is 6.46. The number of ether oxygens (including phenoxy) is 1. The summed E-state index contributed by atoms with van der Waals surface area (Å²) in [6, 6.07) is 1.95. The van der Waals surface area contributed by atoms with Gasteiger partial charge in [-0.3, -0.25) is 4.79 Å². The highest BCUT2D eigenvalue weighted by atomic mass is 16.5. The normalized spacial score (nSPS) is 24.5. The Labute approximate surface area is 152 Å². The van der Waals surface area contributed by atoms with Crippen molar-refractivity contribution in [2.45, 2.75) is 65.5 Å². The average Bonchev–Trinajstić information content (AvgIpc) is 2.90. The van der Waals surface area contributed by atoms with Gasteiger partial charge in [0.05, 0.1) is 33.3 Å². The fourth-order valence-electron chi connectivity index (χ4n) is 3.72. The van der Waals surface area contributed by atoms with Crippen molar-refractivity contribution in [1.29, 1.82) is 0 Å². The lowest BCUT2D eigenvalue weighted by Crippen LogP contribution is -2.35. The summed E-state index contributed by atoms with van der Waals surface area (Å²) in [5.74, 6) is 2.43. The second-order valence-corrected chi connectivity index (χ2v) is 9.09. The molecular weight excluding hydrogens is 316 g/mol. The molecule has 1 aromatic rings. The van der Waals surface area contributed by atoms with Crippen LogP contribution >= 0.6 is 0 Å². The number of esters is 1. The summed E-state index contributed by atoms with van der Waals surface area (Å²) in [4.78, 5) is 12.3. The SMILES string of the molecule is CC1CCC(C(C)C)C(OC(=O)CCc2cc(C[N+](C)(C)C)on2)C1.